The van der Waals surface area contributed by atoms with Gasteiger partial charge in [0.05, 0.1) is 11.0 Å². The van der Waals surface area contributed by atoms with E-state index in [4.69, 9.17) is 10.2 Å². The van der Waals surface area contributed by atoms with Crippen LogP contribution in [0.4, 0.5) is 0 Å². The van der Waals surface area contributed by atoms with Gasteiger partial charge in [0.15, 0.2) is 0 Å². The molecule has 1 aromatic heterocycles. The number of nitrogens with two attached hydrogens (primary N) is 1. The number of sulfonamides is 1. The van der Waals surface area contributed by atoms with Crippen LogP contribution in [0.3, 0.4) is 0 Å². The molecule has 0 aliphatic heterocycles. The van der Waals surface area contributed by atoms with E-state index in [9.17, 15) is 8.42 Å². The van der Waals surface area contributed by atoms with Gasteiger partial charge < -0.3 is 5.11 Å². The van der Waals surface area contributed by atoms with Gasteiger partial charge in [0, 0.05) is 18.8 Å². The molecule has 0 aliphatic rings. The van der Waals surface area contributed by atoms with Crippen molar-refractivity contribution in [2.45, 2.75) is 24.3 Å². The van der Waals surface area contributed by atoms with Gasteiger partial charge in [-0.15, -0.1) is 0 Å². The standard InChI is InChI=1S/C8H12N2O3S/c1-6(11)4-7-5-10-3-2-8(7)14(9,12)13/h2-3,5-6,11H,4H2,1H3,(H2,9,12,13)/t6-/m1/s1. The summed E-state index contributed by atoms with van der Waals surface area (Å²) in [5.74, 6) is 0. The van der Waals surface area contributed by atoms with Crippen molar-refractivity contribution in [3.05, 3.63) is 24.0 Å². The summed E-state index contributed by atoms with van der Waals surface area (Å²) >= 11 is 0. The first-order valence-corrected chi connectivity index (χ1v) is 5.59. The van der Waals surface area contributed by atoms with Gasteiger partial charge in [-0.3, -0.25) is 4.98 Å². The molecule has 0 amide bonds. The molecule has 1 rings (SSSR count). The zero-order valence-electron chi connectivity index (χ0n) is 7.71. The van der Waals surface area contributed by atoms with E-state index < -0.39 is 16.1 Å². The van der Waals surface area contributed by atoms with Crippen molar-refractivity contribution >= 4 is 10.0 Å². The summed E-state index contributed by atoms with van der Waals surface area (Å²) in [4.78, 5) is 3.80. The highest BCUT2D eigenvalue weighted by Crippen LogP contribution is 2.13. The third kappa shape index (κ3) is 2.76. The summed E-state index contributed by atoms with van der Waals surface area (Å²) in [6.45, 7) is 1.57. The van der Waals surface area contributed by atoms with E-state index in [1.54, 1.807) is 6.92 Å². The lowest BCUT2D eigenvalue weighted by atomic mass is 10.1. The molecular weight excluding hydrogens is 204 g/mol. The molecule has 0 saturated heterocycles. The van der Waals surface area contributed by atoms with Crippen molar-refractivity contribution in [1.29, 1.82) is 0 Å². The van der Waals surface area contributed by atoms with Crippen LogP contribution >= 0.6 is 0 Å². The summed E-state index contributed by atoms with van der Waals surface area (Å²) in [5, 5.41) is 14.1. The Hall–Kier alpha value is -0.980. The number of hydrogen-bond acceptors (Lipinski definition) is 4. The molecule has 0 radical (unpaired) electrons. The highest BCUT2D eigenvalue weighted by Gasteiger charge is 2.14. The molecule has 0 aromatic carbocycles. The van der Waals surface area contributed by atoms with E-state index in [1.165, 1.54) is 18.5 Å². The Morgan fingerprint density at radius 2 is 2.29 bits per heavy atom. The molecule has 1 atom stereocenters. The second-order valence-corrected chi connectivity index (χ2v) is 4.61. The second-order valence-electron chi connectivity index (χ2n) is 3.08. The van der Waals surface area contributed by atoms with Crippen LogP contribution in [-0.4, -0.2) is 24.6 Å². The molecule has 1 aromatic rings. The SMILES string of the molecule is C[C@@H](O)Cc1cnccc1S(N)(=O)=O. The molecule has 5 nitrogen and oxygen atoms in total. The normalized spacial score (nSPS) is 13.9. The Labute approximate surface area is 82.6 Å². The van der Waals surface area contributed by atoms with Crippen molar-refractivity contribution in [2.24, 2.45) is 5.14 Å². The quantitative estimate of drug-likeness (QED) is 0.722. The molecule has 6 heteroatoms. The number of aromatic nitrogens is 1. The Balaban J connectivity index is 3.17. The van der Waals surface area contributed by atoms with Crippen molar-refractivity contribution in [3.63, 3.8) is 0 Å². The predicted molar refractivity (Wildman–Crippen MR) is 51.0 cm³/mol. The van der Waals surface area contributed by atoms with Gasteiger partial charge in [0.25, 0.3) is 0 Å². The molecule has 1 heterocycles. The lowest BCUT2D eigenvalue weighted by molar-refractivity contribution is 0.194. The maximum Gasteiger partial charge on any atom is 0.238 e. The maximum atomic E-state index is 11.1. The lowest BCUT2D eigenvalue weighted by Gasteiger charge is -2.07. The summed E-state index contributed by atoms with van der Waals surface area (Å²) < 4.78 is 22.2. The Kier molecular flexibility index (Phi) is 3.20. The third-order valence-electron chi connectivity index (χ3n) is 1.68. The van der Waals surface area contributed by atoms with Crippen LogP contribution in [-0.2, 0) is 16.4 Å². The first kappa shape index (κ1) is 11.1. The van der Waals surface area contributed by atoms with Crippen LogP contribution in [0.25, 0.3) is 0 Å². The van der Waals surface area contributed by atoms with Crippen LogP contribution < -0.4 is 5.14 Å². The fourth-order valence-corrected chi connectivity index (χ4v) is 1.92. The summed E-state index contributed by atoms with van der Waals surface area (Å²) in [5.41, 5.74) is 0.435. The lowest BCUT2D eigenvalue weighted by Crippen LogP contribution is -2.16. The average Bonchev–Trinajstić information content (AvgIpc) is 2.01. The fourth-order valence-electron chi connectivity index (χ4n) is 1.16. The van der Waals surface area contributed by atoms with Crippen LogP contribution in [0, 0.1) is 0 Å². The second kappa shape index (κ2) is 4.04. The number of rotatable bonds is 3. The Bertz CT molecular complexity index is 414. The highest BCUT2D eigenvalue weighted by molar-refractivity contribution is 7.89. The minimum Gasteiger partial charge on any atom is -0.393 e. The molecule has 78 valence electrons. The first-order chi connectivity index (χ1) is 6.41. The van der Waals surface area contributed by atoms with Crippen molar-refractivity contribution in [1.82, 2.24) is 4.98 Å². The van der Waals surface area contributed by atoms with Crippen molar-refractivity contribution in [2.75, 3.05) is 0 Å². The van der Waals surface area contributed by atoms with E-state index in [2.05, 4.69) is 4.98 Å². The molecule has 3 N–H and O–H groups in total. The van der Waals surface area contributed by atoms with Gasteiger partial charge in [-0.1, -0.05) is 0 Å². The monoisotopic (exact) mass is 216 g/mol. The van der Waals surface area contributed by atoms with E-state index in [1.807, 2.05) is 0 Å². The minimum absolute atomic E-state index is 0.0217. The first-order valence-electron chi connectivity index (χ1n) is 4.05. The van der Waals surface area contributed by atoms with Crippen LogP contribution in [0.1, 0.15) is 12.5 Å². The van der Waals surface area contributed by atoms with Crippen LogP contribution in [0.5, 0.6) is 0 Å². The molecular formula is C8H12N2O3S. The van der Waals surface area contributed by atoms with E-state index >= 15 is 0 Å². The van der Waals surface area contributed by atoms with E-state index in [0.717, 1.165) is 0 Å². The molecule has 0 unspecified atom stereocenters. The summed E-state index contributed by atoms with van der Waals surface area (Å²) in [6, 6.07) is 1.33. The van der Waals surface area contributed by atoms with Gasteiger partial charge in [-0.25, -0.2) is 13.6 Å². The van der Waals surface area contributed by atoms with E-state index in [0.29, 0.717) is 5.56 Å². The zero-order chi connectivity index (χ0) is 10.8. The van der Waals surface area contributed by atoms with Gasteiger partial charge in [-0.05, 0) is 18.6 Å². The molecule has 0 bridgehead atoms. The number of aliphatic hydroxyl groups excluding tert-OH is 1. The van der Waals surface area contributed by atoms with Gasteiger partial charge >= 0.3 is 0 Å². The van der Waals surface area contributed by atoms with E-state index in [-0.39, 0.29) is 11.3 Å². The number of nitrogens with zero attached hydrogens (tertiary/aromatic N) is 1. The molecule has 0 spiro atoms. The highest BCUT2D eigenvalue weighted by atomic mass is 32.2. The predicted octanol–water partition coefficient (Wildman–Crippen LogP) is -0.348. The van der Waals surface area contributed by atoms with Gasteiger partial charge in [0.1, 0.15) is 0 Å². The Morgan fingerprint density at radius 3 is 2.79 bits per heavy atom. The average molecular weight is 216 g/mol. The molecule has 0 saturated carbocycles. The number of hydrogen-bond donors (Lipinski definition) is 2. The maximum absolute atomic E-state index is 11.1. The number of aliphatic hydroxyl groups is 1. The molecule has 0 fully saturated rings. The zero-order valence-corrected chi connectivity index (χ0v) is 8.53. The molecule has 14 heavy (non-hydrogen) atoms. The number of primary sulfonamides is 1. The topological polar surface area (TPSA) is 93.3 Å². The largest absolute Gasteiger partial charge is 0.393 e. The fraction of sp³-hybridized carbons (Fsp3) is 0.375. The van der Waals surface area contributed by atoms with Gasteiger partial charge in [-0.2, -0.15) is 0 Å². The third-order valence-corrected chi connectivity index (χ3v) is 2.69. The smallest absolute Gasteiger partial charge is 0.238 e. The minimum atomic E-state index is -3.73. The number of pyridine rings is 1. The summed E-state index contributed by atoms with van der Waals surface area (Å²) in [7, 11) is -3.73. The molecule has 0 aliphatic carbocycles. The summed E-state index contributed by atoms with van der Waals surface area (Å²) in [6.07, 6.45) is 2.34. The van der Waals surface area contributed by atoms with Crippen molar-refractivity contribution < 1.29 is 13.5 Å². The Morgan fingerprint density at radius 1 is 1.64 bits per heavy atom. The van der Waals surface area contributed by atoms with Crippen LogP contribution in [0.2, 0.25) is 0 Å². The van der Waals surface area contributed by atoms with Crippen LogP contribution in [0.15, 0.2) is 23.4 Å². The van der Waals surface area contributed by atoms with Crippen molar-refractivity contribution in [3.8, 4) is 0 Å². The van der Waals surface area contributed by atoms with Gasteiger partial charge in [0.2, 0.25) is 10.0 Å².